The number of likely N-dealkylation sites (N-methyl/N-ethyl adjacent to an activating group) is 1. The van der Waals surface area contributed by atoms with Gasteiger partial charge in [-0.15, -0.1) is 0 Å². The molecule has 2 aliphatic rings. The molecule has 35 heavy (non-hydrogen) atoms. The second kappa shape index (κ2) is 11.4. The average Bonchev–Trinajstić information content (AvgIpc) is 3.43. The smallest absolute Gasteiger partial charge is 0.409 e. The Balaban J connectivity index is 1.20. The van der Waals surface area contributed by atoms with Crippen LogP contribution in [0.1, 0.15) is 18.6 Å². The van der Waals surface area contributed by atoms with E-state index < -0.39 is 6.03 Å². The van der Waals surface area contributed by atoms with Crippen molar-refractivity contribution in [1.82, 2.24) is 19.7 Å². The molecule has 3 heterocycles. The van der Waals surface area contributed by atoms with Gasteiger partial charge in [-0.2, -0.15) is 5.10 Å². The van der Waals surface area contributed by atoms with E-state index in [1.54, 1.807) is 29.2 Å². The maximum atomic E-state index is 12.6. The number of rotatable bonds is 8. The molecule has 0 N–H and O–H groups in total. The molecule has 0 saturated carbocycles. The molecule has 2 saturated heterocycles. The van der Waals surface area contributed by atoms with Gasteiger partial charge in [0.05, 0.1) is 12.8 Å². The van der Waals surface area contributed by atoms with E-state index in [1.165, 1.54) is 11.1 Å². The molecule has 0 atom stereocenters. The highest BCUT2D eigenvalue weighted by atomic mass is 35.5. The van der Waals surface area contributed by atoms with E-state index in [9.17, 15) is 14.4 Å². The molecule has 0 bridgehead atoms. The number of carbonyl (C=O) groups excluding carboxylic acids is 3. The Hall–Kier alpha value is -3.37. The molecule has 1 aromatic heterocycles. The summed E-state index contributed by atoms with van der Waals surface area (Å²) in [5.74, 6) is 0.778. The van der Waals surface area contributed by atoms with Gasteiger partial charge in [0.2, 0.25) is 0 Å². The van der Waals surface area contributed by atoms with Gasteiger partial charge in [-0.3, -0.25) is 9.69 Å². The number of amides is 4. The fraction of sp³-hybridized carbons (Fsp3) is 0.417. The van der Waals surface area contributed by atoms with Crippen LogP contribution in [-0.2, 0) is 9.53 Å². The van der Waals surface area contributed by atoms with E-state index in [0.717, 1.165) is 23.7 Å². The number of piperazine rings is 1. The Morgan fingerprint density at radius 3 is 2.57 bits per heavy atom. The average molecular weight is 502 g/mol. The number of urea groups is 1. The summed E-state index contributed by atoms with van der Waals surface area (Å²) >= 11 is 5.91. The van der Waals surface area contributed by atoms with E-state index in [0.29, 0.717) is 42.5 Å². The number of carbonyl (C=O) groups is 3. The molecule has 0 unspecified atom stereocenters. The van der Waals surface area contributed by atoms with Crippen LogP contribution in [0.2, 0.25) is 5.02 Å². The van der Waals surface area contributed by atoms with Gasteiger partial charge in [0, 0.05) is 43.3 Å². The van der Waals surface area contributed by atoms with Crippen LogP contribution in [0.4, 0.5) is 9.59 Å². The molecule has 2 aromatic rings. The monoisotopic (exact) mass is 501 g/mol. The van der Waals surface area contributed by atoms with Crippen molar-refractivity contribution in [3.63, 3.8) is 0 Å². The number of hydrogen-bond acceptors (Lipinski definition) is 7. The fourth-order valence-corrected chi connectivity index (χ4v) is 3.89. The summed E-state index contributed by atoms with van der Waals surface area (Å²) in [4.78, 5) is 42.0. The third-order valence-electron chi connectivity index (χ3n) is 5.88. The third kappa shape index (κ3) is 6.40. The minimum absolute atomic E-state index is 0.127. The minimum atomic E-state index is -0.481. The number of hydrogen-bond donors (Lipinski definition) is 0. The number of unbranched alkanes of at least 4 members (excludes halogenated alkanes) is 1. The van der Waals surface area contributed by atoms with Crippen LogP contribution in [0.15, 0.2) is 45.9 Å². The van der Waals surface area contributed by atoms with Gasteiger partial charge in [-0.05, 0) is 56.3 Å². The van der Waals surface area contributed by atoms with E-state index in [2.05, 4.69) is 10.0 Å². The lowest BCUT2D eigenvalue weighted by Gasteiger charge is -2.31. The number of hydrazone groups is 1. The Morgan fingerprint density at radius 1 is 1.09 bits per heavy atom. The first-order chi connectivity index (χ1) is 16.9. The van der Waals surface area contributed by atoms with Crippen LogP contribution < -0.4 is 0 Å². The number of nitrogens with zero attached hydrogens (tertiary/aromatic N) is 5. The summed E-state index contributed by atoms with van der Waals surface area (Å²) in [6.45, 7) is 3.34. The minimum Gasteiger partial charge on any atom is -0.455 e. The molecule has 0 spiro atoms. The second-order valence-electron chi connectivity index (χ2n) is 8.45. The lowest BCUT2D eigenvalue weighted by atomic mass is 10.2. The summed E-state index contributed by atoms with van der Waals surface area (Å²) in [5, 5.41) is 5.87. The highest BCUT2D eigenvalue weighted by Gasteiger charge is 2.35. The van der Waals surface area contributed by atoms with Crippen molar-refractivity contribution >= 4 is 35.8 Å². The zero-order chi connectivity index (χ0) is 24.8. The first-order valence-electron chi connectivity index (χ1n) is 11.5. The van der Waals surface area contributed by atoms with Crippen LogP contribution in [-0.4, -0.2) is 96.9 Å². The normalized spacial score (nSPS) is 17.1. The summed E-state index contributed by atoms with van der Waals surface area (Å²) in [7, 11) is 2.02. The zero-order valence-electron chi connectivity index (χ0n) is 19.6. The first kappa shape index (κ1) is 24.7. The molecule has 11 heteroatoms. The number of halogens is 1. The van der Waals surface area contributed by atoms with E-state index in [-0.39, 0.29) is 31.7 Å². The largest absolute Gasteiger partial charge is 0.455 e. The van der Waals surface area contributed by atoms with Gasteiger partial charge in [-0.25, -0.2) is 14.6 Å². The van der Waals surface area contributed by atoms with Crippen molar-refractivity contribution in [1.29, 1.82) is 0 Å². The number of ether oxygens (including phenoxy) is 1. The molecular formula is C24H28ClN5O5. The summed E-state index contributed by atoms with van der Waals surface area (Å²) in [5.41, 5.74) is 0.863. The summed E-state index contributed by atoms with van der Waals surface area (Å²) in [6.07, 6.45) is 2.18. The second-order valence-corrected chi connectivity index (χ2v) is 8.89. The Labute approximate surface area is 208 Å². The number of furan rings is 1. The van der Waals surface area contributed by atoms with Gasteiger partial charge in [0.15, 0.2) is 0 Å². The Bertz CT molecular complexity index is 1080. The van der Waals surface area contributed by atoms with Crippen molar-refractivity contribution in [2.75, 3.05) is 52.9 Å². The number of imide groups is 1. The van der Waals surface area contributed by atoms with Crippen molar-refractivity contribution in [3.8, 4) is 11.3 Å². The molecular weight excluding hydrogens is 474 g/mol. The molecule has 4 amide bonds. The molecule has 1 aromatic carbocycles. The van der Waals surface area contributed by atoms with Crippen LogP contribution >= 0.6 is 11.6 Å². The molecule has 0 aliphatic carbocycles. The third-order valence-corrected chi connectivity index (χ3v) is 6.13. The van der Waals surface area contributed by atoms with Crippen LogP contribution in [0.25, 0.3) is 11.3 Å². The quantitative estimate of drug-likeness (QED) is 0.312. The lowest BCUT2D eigenvalue weighted by Crippen LogP contribution is -2.47. The van der Waals surface area contributed by atoms with Crippen molar-refractivity contribution in [3.05, 3.63) is 47.2 Å². The van der Waals surface area contributed by atoms with Gasteiger partial charge < -0.3 is 19.0 Å². The summed E-state index contributed by atoms with van der Waals surface area (Å²) in [6, 6.07) is 10.3. The van der Waals surface area contributed by atoms with Crippen LogP contribution in [0.3, 0.4) is 0 Å². The molecule has 4 rings (SSSR count). The lowest BCUT2D eigenvalue weighted by molar-refractivity contribution is -0.125. The van der Waals surface area contributed by atoms with E-state index in [4.69, 9.17) is 20.8 Å². The van der Waals surface area contributed by atoms with Crippen LogP contribution in [0.5, 0.6) is 0 Å². The maximum Gasteiger partial charge on any atom is 0.409 e. The number of benzene rings is 1. The van der Waals surface area contributed by atoms with Crippen LogP contribution in [0, 0.1) is 0 Å². The van der Waals surface area contributed by atoms with E-state index >= 15 is 0 Å². The predicted molar refractivity (Wildman–Crippen MR) is 130 cm³/mol. The SMILES string of the molecule is CN1CCN(C(=O)OCCCCN2C(=O)CN(/N=C/c3ccc(-c4ccc(Cl)cc4)o3)C2=O)CC1. The Kier molecular flexibility index (Phi) is 8.04. The van der Waals surface area contributed by atoms with Gasteiger partial charge in [0.1, 0.15) is 18.1 Å². The highest BCUT2D eigenvalue weighted by Crippen LogP contribution is 2.23. The molecule has 2 fully saturated rings. The van der Waals surface area contributed by atoms with Crippen molar-refractivity contribution < 1.29 is 23.5 Å². The molecule has 186 valence electrons. The highest BCUT2D eigenvalue weighted by molar-refractivity contribution is 6.30. The topological polar surface area (TPSA) is 98.9 Å². The fourth-order valence-electron chi connectivity index (χ4n) is 3.77. The molecule has 0 radical (unpaired) electrons. The van der Waals surface area contributed by atoms with Crippen molar-refractivity contribution in [2.24, 2.45) is 5.10 Å². The Morgan fingerprint density at radius 2 is 1.83 bits per heavy atom. The predicted octanol–water partition coefficient (Wildman–Crippen LogP) is 3.36. The van der Waals surface area contributed by atoms with E-state index in [1.807, 2.05) is 19.2 Å². The molecule has 10 nitrogen and oxygen atoms in total. The van der Waals surface area contributed by atoms with Gasteiger partial charge in [0.25, 0.3) is 5.91 Å². The van der Waals surface area contributed by atoms with Crippen molar-refractivity contribution in [2.45, 2.75) is 12.8 Å². The standard InChI is InChI=1S/C24H28ClN5O5/c1-27-11-13-28(14-12-27)24(33)34-15-3-2-10-29-22(31)17-30(23(29)32)26-16-20-8-9-21(35-20)18-4-6-19(25)7-5-18/h4-9,16H,2-3,10-15,17H2,1H3/b26-16+. The molecule has 2 aliphatic heterocycles. The van der Waals surface area contributed by atoms with Gasteiger partial charge >= 0.3 is 12.1 Å². The van der Waals surface area contributed by atoms with Gasteiger partial charge in [-0.1, -0.05) is 11.6 Å². The zero-order valence-corrected chi connectivity index (χ0v) is 20.3. The first-order valence-corrected chi connectivity index (χ1v) is 11.9. The summed E-state index contributed by atoms with van der Waals surface area (Å²) < 4.78 is 11.1. The maximum absolute atomic E-state index is 12.6.